The molecular weight excluding hydrogens is 356 g/mol. The highest BCUT2D eigenvalue weighted by molar-refractivity contribution is 9.10. The van der Waals surface area contributed by atoms with E-state index in [9.17, 15) is 9.59 Å². The quantitative estimate of drug-likeness (QED) is 0.710. The van der Waals surface area contributed by atoms with Crippen LogP contribution in [0.1, 0.15) is 42.5 Å². The topological polar surface area (TPSA) is 40.6 Å². The summed E-state index contributed by atoms with van der Waals surface area (Å²) in [5.74, 6) is 0.287. The first-order chi connectivity index (χ1) is 11.0. The molecule has 5 heteroatoms. The van der Waals surface area contributed by atoms with E-state index in [4.69, 9.17) is 0 Å². The van der Waals surface area contributed by atoms with E-state index in [0.717, 1.165) is 30.4 Å². The number of carbonyl (C=O) groups is 2. The number of likely N-dealkylation sites (tertiary alicyclic amines) is 1. The third-order valence-corrected chi connectivity index (χ3v) is 4.97. The lowest BCUT2D eigenvalue weighted by Gasteiger charge is -2.36. The molecule has 1 aliphatic heterocycles. The van der Waals surface area contributed by atoms with E-state index in [2.05, 4.69) is 34.9 Å². The predicted octanol–water partition coefficient (Wildman–Crippen LogP) is 3.35. The van der Waals surface area contributed by atoms with E-state index in [1.165, 1.54) is 0 Å². The number of piperidine rings is 1. The number of benzene rings is 1. The van der Waals surface area contributed by atoms with Crippen LogP contribution in [0, 0.1) is 0 Å². The van der Waals surface area contributed by atoms with Crippen molar-refractivity contribution in [2.75, 3.05) is 27.2 Å². The summed E-state index contributed by atoms with van der Waals surface area (Å²) in [7, 11) is 4.13. The van der Waals surface area contributed by atoms with Gasteiger partial charge in [-0.3, -0.25) is 9.59 Å². The van der Waals surface area contributed by atoms with Gasteiger partial charge >= 0.3 is 0 Å². The summed E-state index contributed by atoms with van der Waals surface area (Å²) >= 11 is 3.36. The maximum atomic E-state index is 12.3. The normalized spacial score (nSPS) is 18.3. The Morgan fingerprint density at radius 2 is 1.91 bits per heavy atom. The van der Waals surface area contributed by atoms with Gasteiger partial charge in [-0.15, -0.1) is 0 Å². The van der Waals surface area contributed by atoms with Crippen molar-refractivity contribution in [1.29, 1.82) is 0 Å². The van der Waals surface area contributed by atoms with Gasteiger partial charge in [-0.25, -0.2) is 0 Å². The van der Waals surface area contributed by atoms with Gasteiger partial charge < -0.3 is 9.80 Å². The first kappa shape index (κ1) is 18.1. The summed E-state index contributed by atoms with van der Waals surface area (Å²) in [6, 6.07) is 7.83. The van der Waals surface area contributed by atoms with E-state index in [-0.39, 0.29) is 11.7 Å². The molecule has 1 fully saturated rings. The van der Waals surface area contributed by atoms with Crippen LogP contribution in [0.25, 0.3) is 0 Å². The Morgan fingerprint density at radius 3 is 2.57 bits per heavy atom. The molecule has 1 aliphatic rings. The second-order valence-corrected chi connectivity index (χ2v) is 7.30. The van der Waals surface area contributed by atoms with Crippen molar-refractivity contribution >= 4 is 27.6 Å². The molecule has 0 bridgehead atoms. The molecule has 1 heterocycles. The Balaban J connectivity index is 1.76. The van der Waals surface area contributed by atoms with Gasteiger partial charge in [-0.05, 0) is 45.5 Å². The van der Waals surface area contributed by atoms with Gasteiger partial charge in [0.2, 0.25) is 5.91 Å². The summed E-state index contributed by atoms with van der Waals surface area (Å²) in [6.45, 7) is 1.66. The first-order valence-electron chi connectivity index (χ1n) is 8.20. The molecule has 1 atom stereocenters. The van der Waals surface area contributed by atoms with Gasteiger partial charge in [0.25, 0.3) is 0 Å². The van der Waals surface area contributed by atoms with E-state index >= 15 is 0 Å². The molecule has 0 aromatic heterocycles. The Hall–Kier alpha value is -1.20. The average Bonchev–Trinajstić information content (AvgIpc) is 2.55. The third-order valence-electron chi connectivity index (χ3n) is 4.44. The molecule has 2 rings (SSSR count). The third kappa shape index (κ3) is 5.43. The van der Waals surface area contributed by atoms with Gasteiger partial charge in [0.05, 0.1) is 0 Å². The summed E-state index contributed by atoms with van der Waals surface area (Å²) in [6.07, 6.45) is 3.73. The van der Waals surface area contributed by atoms with Crippen molar-refractivity contribution in [2.24, 2.45) is 0 Å². The molecule has 0 spiro atoms. The molecule has 0 aliphatic carbocycles. The van der Waals surface area contributed by atoms with E-state index in [1.807, 2.05) is 29.2 Å². The van der Waals surface area contributed by atoms with Crippen LogP contribution in [0.15, 0.2) is 28.7 Å². The zero-order chi connectivity index (χ0) is 16.8. The van der Waals surface area contributed by atoms with E-state index in [1.54, 1.807) is 0 Å². The zero-order valence-corrected chi connectivity index (χ0v) is 15.5. The fourth-order valence-electron chi connectivity index (χ4n) is 2.94. The maximum Gasteiger partial charge on any atom is 0.222 e. The van der Waals surface area contributed by atoms with Crippen molar-refractivity contribution < 1.29 is 9.59 Å². The lowest BCUT2D eigenvalue weighted by atomic mass is 10.0. The molecule has 1 amide bonds. The summed E-state index contributed by atoms with van der Waals surface area (Å²) in [5, 5.41) is 0. The standard InChI is InChI=1S/C18H25BrN2O2/c1-20(2)16-5-4-12-21(13-16)18(23)7-3-6-17(22)14-8-10-15(19)11-9-14/h8-11,16H,3-7,12-13H2,1-2H3/t16-/m1/s1. The fourth-order valence-corrected chi connectivity index (χ4v) is 3.21. The van der Waals surface area contributed by atoms with Crippen LogP contribution in [0.5, 0.6) is 0 Å². The Morgan fingerprint density at radius 1 is 1.22 bits per heavy atom. The SMILES string of the molecule is CN(C)[C@@H]1CCCN(C(=O)CCCC(=O)c2ccc(Br)cc2)C1. The molecule has 0 saturated carbocycles. The minimum absolute atomic E-state index is 0.107. The molecule has 23 heavy (non-hydrogen) atoms. The van der Waals surface area contributed by atoms with Crippen LogP contribution in [0.4, 0.5) is 0 Å². The highest BCUT2D eigenvalue weighted by atomic mass is 79.9. The number of Topliss-reactive ketones (excluding diaryl/α,β-unsaturated/α-hetero) is 1. The minimum Gasteiger partial charge on any atom is -0.341 e. The molecular formula is C18H25BrN2O2. The fraction of sp³-hybridized carbons (Fsp3) is 0.556. The summed E-state index contributed by atoms with van der Waals surface area (Å²) in [4.78, 5) is 28.6. The molecule has 1 aromatic rings. The van der Waals surface area contributed by atoms with Crippen LogP contribution in [-0.4, -0.2) is 54.7 Å². The zero-order valence-electron chi connectivity index (χ0n) is 13.9. The van der Waals surface area contributed by atoms with Gasteiger partial charge in [0, 0.05) is 42.0 Å². The number of hydrogen-bond acceptors (Lipinski definition) is 3. The van der Waals surface area contributed by atoms with Crippen molar-refractivity contribution in [1.82, 2.24) is 9.80 Å². The number of carbonyl (C=O) groups excluding carboxylic acids is 2. The van der Waals surface area contributed by atoms with E-state index in [0.29, 0.717) is 30.9 Å². The van der Waals surface area contributed by atoms with Gasteiger partial charge in [-0.1, -0.05) is 28.1 Å². The largest absolute Gasteiger partial charge is 0.341 e. The molecule has 1 saturated heterocycles. The summed E-state index contributed by atoms with van der Waals surface area (Å²) in [5.41, 5.74) is 0.714. The number of likely N-dealkylation sites (N-methyl/N-ethyl adjacent to an activating group) is 1. The first-order valence-corrected chi connectivity index (χ1v) is 8.99. The van der Waals surface area contributed by atoms with Crippen LogP contribution in [-0.2, 0) is 4.79 Å². The van der Waals surface area contributed by atoms with Crippen LogP contribution in [0.3, 0.4) is 0 Å². The molecule has 126 valence electrons. The van der Waals surface area contributed by atoms with Crippen molar-refractivity contribution in [2.45, 2.75) is 38.1 Å². The number of ketones is 1. The molecule has 1 aromatic carbocycles. The second kappa shape index (κ2) is 8.60. The molecule has 0 N–H and O–H groups in total. The number of hydrogen-bond donors (Lipinski definition) is 0. The number of halogens is 1. The lowest BCUT2D eigenvalue weighted by molar-refractivity contribution is -0.133. The Kier molecular flexibility index (Phi) is 6.78. The van der Waals surface area contributed by atoms with Crippen molar-refractivity contribution in [3.8, 4) is 0 Å². The maximum absolute atomic E-state index is 12.3. The molecule has 4 nitrogen and oxygen atoms in total. The highest BCUT2D eigenvalue weighted by Gasteiger charge is 2.24. The minimum atomic E-state index is 0.107. The molecule has 0 unspecified atom stereocenters. The van der Waals surface area contributed by atoms with Crippen molar-refractivity contribution in [3.05, 3.63) is 34.3 Å². The predicted molar refractivity (Wildman–Crippen MR) is 95.6 cm³/mol. The van der Waals surface area contributed by atoms with Gasteiger partial charge in [-0.2, -0.15) is 0 Å². The Bertz CT molecular complexity index is 542. The van der Waals surface area contributed by atoms with Crippen LogP contribution < -0.4 is 0 Å². The Labute approximate surface area is 147 Å². The van der Waals surface area contributed by atoms with Crippen LogP contribution in [0.2, 0.25) is 0 Å². The number of amides is 1. The number of nitrogens with zero attached hydrogens (tertiary/aromatic N) is 2. The van der Waals surface area contributed by atoms with E-state index < -0.39 is 0 Å². The number of rotatable bonds is 6. The molecule has 0 radical (unpaired) electrons. The summed E-state index contributed by atoms with van der Waals surface area (Å²) < 4.78 is 0.963. The average molecular weight is 381 g/mol. The monoisotopic (exact) mass is 380 g/mol. The van der Waals surface area contributed by atoms with Crippen molar-refractivity contribution in [3.63, 3.8) is 0 Å². The van der Waals surface area contributed by atoms with Crippen LogP contribution >= 0.6 is 15.9 Å². The van der Waals surface area contributed by atoms with Gasteiger partial charge in [0.15, 0.2) is 5.78 Å². The van der Waals surface area contributed by atoms with Gasteiger partial charge in [0.1, 0.15) is 0 Å². The smallest absolute Gasteiger partial charge is 0.222 e. The lowest BCUT2D eigenvalue weighted by Crippen LogP contribution is -2.47. The second-order valence-electron chi connectivity index (χ2n) is 6.38. The highest BCUT2D eigenvalue weighted by Crippen LogP contribution is 2.16.